The van der Waals surface area contributed by atoms with Gasteiger partial charge in [-0.25, -0.2) is 0 Å². The highest BCUT2D eigenvalue weighted by Gasteiger charge is 2.47. The van der Waals surface area contributed by atoms with Crippen LogP contribution in [0.1, 0.15) is 41.2 Å². The van der Waals surface area contributed by atoms with Gasteiger partial charge in [-0.05, 0) is 120 Å². The normalized spacial score (nSPS) is 16.3. The number of hydrogen-bond acceptors (Lipinski definition) is 1. The van der Waals surface area contributed by atoms with Gasteiger partial charge >= 0.3 is 0 Å². The van der Waals surface area contributed by atoms with Gasteiger partial charge in [0.05, 0.1) is 16.8 Å². The van der Waals surface area contributed by atoms with Crippen molar-refractivity contribution < 1.29 is 0 Å². The zero-order valence-corrected chi connectivity index (χ0v) is 36.4. The number of anilines is 3. The van der Waals surface area contributed by atoms with E-state index < -0.39 is 5.41 Å². The minimum atomic E-state index is -0.577. The van der Waals surface area contributed by atoms with Gasteiger partial charge in [-0.15, -0.1) is 0 Å². The second-order valence-electron chi connectivity index (χ2n) is 17.6. The van der Waals surface area contributed by atoms with E-state index in [1.54, 1.807) is 0 Å². The maximum atomic E-state index is 2.50. The van der Waals surface area contributed by atoms with Crippen LogP contribution in [0.3, 0.4) is 0 Å². The van der Waals surface area contributed by atoms with Crippen molar-refractivity contribution in [2.45, 2.75) is 18.8 Å². The van der Waals surface area contributed by atoms with Gasteiger partial charge in [-0.2, -0.15) is 0 Å². The van der Waals surface area contributed by atoms with Crippen molar-refractivity contribution in [3.05, 3.63) is 277 Å². The molecule has 0 aliphatic heterocycles. The SMILES string of the molecule is CC1C=CC(c2ccc(N(c3ccccc3)c3ccccc3-c3cccc4ccccc34)c(-c3cccc4c3-c3ccccc3C4(c3ccccc3)c3cccc4ccccc34)c2)=CC1. The van der Waals surface area contributed by atoms with Crippen molar-refractivity contribution in [3.63, 3.8) is 0 Å². The highest BCUT2D eigenvalue weighted by atomic mass is 15.1. The third-order valence-electron chi connectivity index (χ3n) is 13.9. The summed E-state index contributed by atoms with van der Waals surface area (Å²) >= 11 is 0. The Morgan fingerprint density at radius 2 is 1.00 bits per heavy atom. The molecule has 10 aromatic carbocycles. The molecule has 2 unspecified atom stereocenters. The average Bonchev–Trinajstić information content (AvgIpc) is 3.68. The van der Waals surface area contributed by atoms with E-state index in [0.29, 0.717) is 5.92 Å². The first-order valence-electron chi connectivity index (χ1n) is 22.9. The van der Waals surface area contributed by atoms with Gasteiger partial charge in [-0.3, -0.25) is 0 Å². The molecule has 0 saturated carbocycles. The Labute approximate surface area is 381 Å². The number of rotatable bonds is 8. The summed E-state index contributed by atoms with van der Waals surface area (Å²) in [7, 11) is 0. The van der Waals surface area contributed by atoms with E-state index in [0.717, 1.165) is 23.5 Å². The molecule has 2 aliphatic carbocycles. The van der Waals surface area contributed by atoms with Crippen LogP contribution in [0.5, 0.6) is 0 Å². The van der Waals surface area contributed by atoms with Crippen molar-refractivity contribution in [1.29, 1.82) is 0 Å². The van der Waals surface area contributed by atoms with Crippen LogP contribution in [0.25, 0.3) is 60.5 Å². The van der Waals surface area contributed by atoms with Crippen LogP contribution >= 0.6 is 0 Å². The van der Waals surface area contributed by atoms with E-state index in [-0.39, 0.29) is 0 Å². The molecular weight excluding hydrogens is 783 g/mol. The van der Waals surface area contributed by atoms with Crippen LogP contribution in [0.4, 0.5) is 17.1 Å². The molecule has 0 heterocycles. The molecule has 0 spiro atoms. The molecule has 0 bridgehead atoms. The molecule has 308 valence electrons. The summed E-state index contributed by atoms with van der Waals surface area (Å²) in [4.78, 5) is 2.50. The lowest BCUT2D eigenvalue weighted by Crippen LogP contribution is -2.28. The Kier molecular flexibility index (Phi) is 9.50. The van der Waals surface area contributed by atoms with E-state index in [2.05, 4.69) is 261 Å². The van der Waals surface area contributed by atoms with Crippen LogP contribution in [-0.4, -0.2) is 0 Å². The fourth-order valence-electron chi connectivity index (χ4n) is 11.0. The lowest BCUT2D eigenvalue weighted by molar-refractivity contribution is 0.739. The first-order chi connectivity index (χ1) is 32.2. The Hall–Kier alpha value is -8.00. The lowest BCUT2D eigenvalue weighted by atomic mass is 9.66. The van der Waals surface area contributed by atoms with Crippen molar-refractivity contribution >= 4 is 44.2 Å². The summed E-state index contributed by atoms with van der Waals surface area (Å²) in [5.74, 6) is 0.519. The summed E-state index contributed by atoms with van der Waals surface area (Å²) < 4.78 is 0. The van der Waals surface area contributed by atoms with Crippen molar-refractivity contribution in [3.8, 4) is 33.4 Å². The summed E-state index contributed by atoms with van der Waals surface area (Å²) in [6.45, 7) is 2.29. The maximum absolute atomic E-state index is 2.50. The third kappa shape index (κ3) is 6.30. The third-order valence-corrected chi connectivity index (χ3v) is 13.9. The van der Waals surface area contributed by atoms with Gasteiger partial charge in [0, 0.05) is 16.8 Å². The van der Waals surface area contributed by atoms with Crippen LogP contribution in [0.2, 0.25) is 0 Å². The molecule has 65 heavy (non-hydrogen) atoms. The van der Waals surface area contributed by atoms with Gasteiger partial charge in [0.15, 0.2) is 0 Å². The fourth-order valence-corrected chi connectivity index (χ4v) is 11.0. The van der Waals surface area contributed by atoms with E-state index >= 15 is 0 Å². The van der Waals surface area contributed by atoms with E-state index in [1.165, 1.54) is 88.3 Å². The van der Waals surface area contributed by atoms with E-state index in [9.17, 15) is 0 Å². The van der Waals surface area contributed by atoms with E-state index in [1.807, 2.05) is 0 Å². The van der Waals surface area contributed by atoms with E-state index in [4.69, 9.17) is 0 Å². The minimum Gasteiger partial charge on any atom is -0.309 e. The molecule has 1 nitrogen and oxygen atoms in total. The molecule has 0 amide bonds. The first-order valence-corrected chi connectivity index (χ1v) is 22.9. The second kappa shape index (κ2) is 16.0. The second-order valence-corrected chi connectivity index (χ2v) is 17.6. The molecule has 12 rings (SSSR count). The Balaban J connectivity index is 1.18. The predicted molar refractivity (Wildman–Crippen MR) is 275 cm³/mol. The van der Waals surface area contributed by atoms with Crippen LogP contribution in [0, 0.1) is 5.92 Å². The molecule has 0 radical (unpaired) electrons. The van der Waals surface area contributed by atoms with Crippen molar-refractivity contribution in [2.24, 2.45) is 5.92 Å². The molecule has 0 fully saturated rings. The molecular formula is C64H47N. The Bertz CT molecular complexity index is 3470. The maximum Gasteiger partial charge on any atom is 0.0719 e. The van der Waals surface area contributed by atoms with Gasteiger partial charge in [-0.1, -0.05) is 225 Å². The summed E-state index contributed by atoms with van der Waals surface area (Å²) in [5, 5.41) is 4.97. The number of hydrogen-bond donors (Lipinski definition) is 0. The van der Waals surface area contributed by atoms with Crippen LogP contribution in [-0.2, 0) is 5.41 Å². The molecule has 1 heteroatoms. The Morgan fingerprint density at radius 3 is 1.80 bits per heavy atom. The fraction of sp³-hybridized carbons (Fsp3) is 0.0625. The number of benzene rings is 10. The number of allylic oxidation sites excluding steroid dienone is 4. The van der Waals surface area contributed by atoms with Gasteiger partial charge < -0.3 is 4.90 Å². The average molecular weight is 830 g/mol. The van der Waals surface area contributed by atoms with Gasteiger partial charge in [0.2, 0.25) is 0 Å². The van der Waals surface area contributed by atoms with Crippen LogP contribution in [0.15, 0.2) is 249 Å². The zero-order valence-electron chi connectivity index (χ0n) is 36.4. The molecule has 0 N–H and O–H groups in total. The smallest absolute Gasteiger partial charge is 0.0719 e. The number of nitrogens with zero attached hydrogens (tertiary/aromatic N) is 1. The number of fused-ring (bicyclic) bond motifs is 5. The van der Waals surface area contributed by atoms with Crippen molar-refractivity contribution in [1.82, 2.24) is 0 Å². The lowest BCUT2D eigenvalue weighted by Gasteiger charge is -2.35. The van der Waals surface area contributed by atoms with Gasteiger partial charge in [0.25, 0.3) is 0 Å². The first kappa shape index (κ1) is 38.7. The standard InChI is InChI=1S/C64H47N/c1-44-37-39-45(40-38-44)48-41-42-62(65(50-25-6-3-7-26-50)61-36-15-13-29-54(61)53-31-16-21-46-19-8-10-27-51(46)53)57(43-48)55-32-18-35-60-63(55)56-30-12-14-33-59(56)64(60,49-23-4-2-5-24-49)58-34-17-22-47-20-9-11-28-52(47)58/h2-37,39-44H,38H2,1H3. The highest BCUT2D eigenvalue weighted by molar-refractivity contribution is 6.05. The monoisotopic (exact) mass is 829 g/mol. The molecule has 0 aromatic heterocycles. The molecule has 2 atom stereocenters. The van der Waals surface area contributed by atoms with Gasteiger partial charge in [0.1, 0.15) is 0 Å². The Morgan fingerprint density at radius 1 is 0.431 bits per heavy atom. The summed E-state index contributed by atoms with van der Waals surface area (Å²) in [6, 6.07) is 85.6. The largest absolute Gasteiger partial charge is 0.309 e. The van der Waals surface area contributed by atoms with Crippen LogP contribution < -0.4 is 4.90 Å². The predicted octanol–water partition coefficient (Wildman–Crippen LogP) is 17.1. The zero-order chi connectivity index (χ0) is 43.3. The summed E-state index contributed by atoms with van der Waals surface area (Å²) in [5.41, 5.74) is 17.7. The molecule has 10 aromatic rings. The quantitative estimate of drug-likeness (QED) is 0.147. The topological polar surface area (TPSA) is 3.24 Å². The minimum absolute atomic E-state index is 0.519. The molecule has 0 saturated heterocycles. The number of para-hydroxylation sites is 2. The van der Waals surface area contributed by atoms with Crippen molar-refractivity contribution in [2.75, 3.05) is 4.90 Å². The summed E-state index contributed by atoms with van der Waals surface area (Å²) in [6.07, 6.45) is 8.12. The molecule has 2 aliphatic rings. The highest BCUT2D eigenvalue weighted by Crippen LogP contribution is 2.60.